The Morgan fingerprint density at radius 3 is 2.18 bits per heavy atom. The lowest BCUT2D eigenvalue weighted by atomic mass is 10.1. The molecule has 4 amide bonds. The number of amides is 4. The third-order valence-electron chi connectivity index (χ3n) is 5.24. The van der Waals surface area contributed by atoms with Gasteiger partial charge in [0, 0.05) is 30.3 Å². The first kappa shape index (κ1) is 34.3. The number of nitrogens with zero attached hydrogens (tertiary/aromatic N) is 4. The van der Waals surface area contributed by atoms with Gasteiger partial charge in [0.15, 0.2) is 0 Å². The summed E-state index contributed by atoms with van der Waals surface area (Å²) < 4.78 is 0.723. The fraction of sp³-hybridized carbons (Fsp3) is 0.739. The molecule has 0 bridgehead atoms. The second kappa shape index (κ2) is 19.4. The van der Waals surface area contributed by atoms with E-state index in [1.54, 1.807) is 0 Å². The van der Waals surface area contributed by atoms with Crippen molar-refractivity contribution >= 4 is 35.9 Å². The predicted octanol–water partition coefficient (Wildman–Crippen LogP) is -1.73. The average molecular weight is 541 g/mol. The molecule has 15 heteroatoms. The molecule has 15 nitrogen and oxygen atoms in total. The van der Waals surface area contributed by atoms with Crippen molar-refractivity contribution in [3.8, 4) is 0 Å². The predicted molar refractivity (Wildman–Crippen MR) is 135 cm³/mol. The molecular formula is C23H40N8O7. The fourth-order valence-corrected chi connectivity index (χ4v) is 3.32. The molecule has 0 aromatic heterocycles. The van der Waals surface area contributed by atoms with Crippen molar-refractivity contribution < 1.29 is 38.4 Å². The Balaban J connectivity index is 4.93. The van der Waals surface area contributed by atoms with E-state index in [2.05, 4.69) is 31.3 Å². The normalized spacial score (nSPS) is 12.3. The Morgan fingerprint density at radius 2 is 1.58 bits per heavy atom. The monoisotopic (exact) mass is 540 g/mol. The summed E-state index contributed by atoms with van der Waals surface area (Å²) >= 11 is 0. The van der Waals surface area contributed by atoms with Crippen molar-refractivity contribution in [1.82, 2.24) is 21.3 Å². The molecule has 0 aromatic carbocycles. The SMILES string of the molecule is C[N+](C)(C)CCCC[C@H](NC(=O)CN=[N+]=[N-])C(=O)NCC(=O)N[C@@H](CC(=O)[O-])C(=O)NCCCCCC=O. The number of azide groups is 1. The maximum absolute atomic E-state index is 12.7. The van der Waals surface area contributed by atoms with Crippen LogP contribution in [0.15, 0.2) is 5.11 Å². The third-order valence-corrected chi connectivity index (χ3v) is 5.24. The van der Waals surface area contributed by atoms with Crippen LogP contribution < -0.4 is 26.4 Å². The molecule has 0 radical (unpaired) electrons. The van der Waals surface area contributed by atoms with E-state index >= 15 is 0 Å². The highest BCUT2D eigenvalue weighted by molar-refractivity contribution is 5.93. The number of hydrogen-bond acceptors (Lipinski definition) is 8. The highest BCUT2D eigenvalue weighted by atomic mass is 16.4. The minimum Gasteiger partial charge on any atom is -0.550 e. The van der Waals surface area contributed by atoms with E-state index in [-0.39, 0.29) is 13.0 Å². The molecular weight excluding hydrogens is 500 g/mol. The number of hydrogen-bond donors (Lipinski definition) is 4. The van der Waals surface area contributed by atoms with Crippen LogP contribution in [0.2, 0.25) is 0 Å². The summed E-state index contributed by atoms with van der Waals surface area (Å²) in [5.41, 5.74) is 8.38. The number of carbonyl (C=O) groups is 6. The van der Waals surface area contributed by atoms with Gasteiger partial charge in [0.05, 0.1) is 34.2 Å². The zero-order chi connectivity index (χ0) is 29.0. The minimum atomic E-state index is -1.54. The van der Waals surface area contributed by atoms with Crippen molar-refractivity contribution in [1.29, 1.82) is 0 Å². The highest BCUT2D eigenvalue weighted by Gasteiger charge is 2.24. The van der Waals surface area contributed by atoms with Crippen LogP contribution in [0.1, 0.15) is 51.4 Å². The molecule has 0 unspecified atom stereocenters. The molecule has 38 heavy (non-hydrogen) atoms. The number of rotatable bonds is 21. The van der Waals surface area contributed by atoms with Gasteiger partial charge in [0.25, 0.3) is 0 Å². The second-order valence-corrected chi connectivity index (χ2v) is 9.74. The summed E-state index contributed by atoms with van der Waals surface area (Å²) in [5.74, 6) is -4.39. The Hall–Kier alpha value is -3.71. The van der Waals surface area contributed by atoms with Gasteiger partial charge in [-0.05, 0) is 37.6 Å². The molecule has 214 valence electrons. The molecule has 4 N–H and O–H groups in total. The maximum Gasteiger partial charge on any atom is 0.243 e. The van der Waals surface area contributed by atoms with Crippen LogP contribution >= 0.6 is 0 Å². The van der Waals surface area contributed by atoms with Gasteiger partial charge < -0.3 is 40.4 Å². The largest absolute Gasteiger partial charge is 0.550 e. The zero-order valence-corrected chi connectivity index (χ0v) is 22.4. The number of quaternary nitrogens is 1. The Bertz CT molecular complexity index is 853. The third kappa shape index (κ3) is 18.5. The zero-order valence-electron chi connectivity index (χ0n) is 22.4. The van der Waals surface area contributed by atoms with Gasteiger partial charge in [-0.3, -0.25) is 19.2 Å². The van der Waals surface area contributed by atoms with E-state index in [9.17, 15) is 33.9 Å². The highest BCUT2D eigenvalue weighted by Crippen LogP contribution is 2.05. The molecule has 0 aliphatic carbocycles. The molecule has 0 rings (SSSR count). The number of carboxylic acids is 1. The second-order valence-electron chi connectivity index (χ2n) is 9.74. The van der Waals surface area contributed by atoms with Crippen LogP contribution in [0.5, 0.6) is 0 Å². The number of carbonyl (C=O) groups excluding carboxylic acids is 6. The summed E-state index contributed by atoms with van der Waals surface area (Å²) in [6.07, 6.45) is 4.04. The van der Waals surface area contributed by atoms with Gasteiger partial charge in [-0.25, -0.2) is 0 Å². The molecule has 2 atom stereocenters. The Kier molecular flexibility index (Phi) is 17.5. The first-order chi connectivity index (χ1) is 17.9. The van der Waals surface area contributed by atoms with Crippen LogP contribution in [0.4, 0.5) is 0 Å². The minimum absolute atomic E-state index is 0.235. The molecule has 0 fully saturated rings. The molecule has 0 aliphatic heterocycles. The van der Waals surface area contributed by atoms with Crippen molar-refractivity contribution in [2.24, 2.45) is 5.11 Å². The summed E-state index contributed by atoms with van der Waals surface area (Å²) in [6, 6.07) is -2.40. The van der Waals surface area contributed by atoms with Crippen molar-refractivity contribution in [2.45, 2.75) is 63.5 Å². The van der Waals surface area contributed by atoms with Gasteiger partial charge in [-0.2, -0.15) is 0 Å². The number of aliphatic carboxylic acids is 1. The van der Waals surface area contributed by atoms with E-state index < -0.39 is 61.2 Å². The number of unbranched alkanes of at least 4 members (excludes halogenated alkanes) is 4. The van der Waals surface area contributed by atoms with E-state index in [4.69, 9.17) is 5.53 Å². The van der Waals surface area contributed by atoms with Gasteiger partial charge in [-0.1, -0.05) is 11.5 Å². The quantitative estimate of drug-likeness (QED) is 0.0328. The number of aldehydes is 1. The van der Waals surface area contributed by atoms with Gasteiger partial charge in [0.1, 0.15) is 24.9 Å². The van der Waals surface area contributed by atoms with Crippen LogP contribution in [-0.2, 0) is 28.8 Å². The van der Waals surface area contributed by atoms with E-state index in [1.807, 2.05) is 21.1 Å². The van der Waals surface area contributed by atoms with Crippen molar-refractivity contribution in [3.63, 3.8) is 0 Å². The van der Waals surface area contributed by atoms with E-state index in [0.29, 0.717) is 32.1 Å². The lowest BCUT2D eigenvalue weighted by Crippen LogP contribution is -2.53. The van der Waals surface area contributed by atoms with E-state index in [0.717, 1.165) is 23.7 Å². The smallest absolute Gasteiger partial charge is 0.243 e. The molecule has 0 saturated heterocycles. The number of nitrogens with one attached hydrogen (secondary N) is 4. The summed E-state index contributed by atoms with van der Waals surface area (Å²) in [6.45, 7) is 0.0168. The maximum atomic E-state index is 12.7. The first-order valence-corrected chi connectivity index (χ1v) is 12.5. The molecule has 0 spiro atoms. The van der Waals surface area contributed by atoms with Crippen molar-refractivity contribution in [2.75, 3.05) is 47.3 Å². The van der Waals surface area contributed by atoms with E-state index in [1.165, 1.54) is 0 Å². The molecule has 0 saturated carbocycles. The Labute approximate surface area is 222 Å². The van der Waals surface area contributed by atoms with Gasteiger partial charge in [-0.15, -0.1) is 0 Å². The number of carboxylic acid groups (broad SMARTS) is 1. The lowest BCUT2D eigenvalue weighted by molar-refractivity contribution is -0.870. The van der Waals surface area contributed by atoms with Gasteiger partial charge >= 0.3 is 0 Å². The summed E-state index contributed by atoms with van der Waals surface area (Å²) in [7, 11) is 6.07. The molecule has 0 aromatic rings. The topological polar surface area (TPSA) is 222 Å². The van der Waals surface area contributed by atoms with Crippen LogP contribution in [0.3, 0.4) is 0 Å². The lowest BCUT2D eigenvalue weighted by Gasteiger charge is -2.24. The molecule has 0 aliphatic rings. The fourth-order valence-electron chi connectivity index (χ4n) is 3.32. The van der Waals surface area contributed by atoms with Crippen LogP contribution in [0.25, 0.3) is 10.4 Å². The average Bonchev–Trinajstić information content (AvgIpc) is 2.83. The standard InChI is InChI=1S/C23H40N8O7/c1-31(2,3)12-8-6-10-17(28-20(34)16-27-30-24)22(37)26-15-19(33)29-18(14-21(35)36)23(38)25-11-7-4-5-9-13-32/h13,17-18H,4-12,14-16H2,1-3H3,(H4-,25,26,28,29,33,34,35,36,37,38)/t17-,18-/m0/s1. The summed E-state index contributed by atoms with van der Waals surface area (Å²) in [4.78, 5) is 73.2. The van der Waals surface area contributed by atoms with Crippen molar-refractivity contribution in [3.05, 3.63) is 10.4 Å². The Morgan fingerprint density at radius 1 is 0.921 bits per heavy atom. The first-order valence-electron chi connectivity index (χ1n) is 12.5. The summed E-state index contributed by atoms with van der Waals surface area (Å²) in [5, 5.41) is 23.9. The van der Waals surface area contributed by atoms with Gasteiger partial charge in [0.2, 0.25) is 23.6 Å². The molecule has 0 heterocycles. The van der Waals surface area contributed by atoms with Crippen LogP contribution in [-0.4, -0.2) is 99.8 Å². The van der Waals surface area contributed by atoms with Crippen LogP contribution in [0, 0.1) is 0 Å².